The molecule has 2 aromatic rings. The van der Waals surface area contributed by atoms with Gasteiger partial charge in [0.1, 0.15) is 6.61 Å². The first-order chi connectivity index (χ1) is 8.70. The van der Waals surface area contributed by atoms with Gasteiger partial charge in [0, 0.05) is 17.3 Å². The molecule has 0 radical (unpaired) electrons. The van der Waals surface area contributed by atoms with Gasteiger partial charge in [-0.3, -0.25) is 0 Å². The lowest BCUT2D eigenvalue weighted by molar-refractivity contribution is 0.290. The molecule has 0 aliphatic carbocycles. The number of benzene rings is 2. The van der Waals surface area contributed by atoms with E-state index in [4.69, 9.17) is 15.7 Å². The molecular formula is C14H11FN2O. The third-order valence-electron chi connectivity index (χ3n) is 2.48. The lowest BCUT2D eigenvalue weighted by atomic mass is 10.1. The Morgan fingerprint density at radius 1 is 1.22 bits per heavy atom. The van der Waals surface area contributed by atoms with E-state index in [-0.39, 0.29) is 12.4 Å². The van der Waals surface area contributed by atoms with Crippen LogP contribution in [0.5, 0.6) is 5.75 Å². The molecule has 2 N–H and O–H groups in total. The van der Waals surface area contributed by atoms with Crippen molar-refractivity contribution in [2.75, 3.05) is 5.73 Å². The van der Waals surface area contributed by atoms with Crippen LogP contribution in [0.15, 0.2) is 42.5 Å². The second kappa shape index (κ2) is 5.19. The van der Waals surface area contributed by atoms with Crippen molar-refractivity contribution in [1.29, 1.82) is 5.26 Å². The van der Waals surface area contributed by atoms with Gasteiger partial charge in [-0.05, 0) is 18.2 Å². The lowest BCUT2D eigenvalue weighted by Crippen LogP contribution is -2.00. The van der Waals surface area contributed by atoms with E-state index in [0.717, 1.165) is 5.56 Å². The summed E-state index contributed by atoms with van der Waals surface area (Å²) < 4.78 is 18.8. The highest BCUT2D eigenvalue weighted by Crippen LogP contribution is 2.21. The zero-order valence-corrected chi connectivity index (χ0v) is 9.56. The van der Waals surface area contributed by atoms with Gasteiger partial charge in [-0.1, -0.05) is 18.2 Å². The molecule has 3 nitrogen and oxygen atoms in total. The summed E-state index contributed by atoms with van der Waals surface area (Å²) in [5.74, 6) is -0.388. The van der Waals surface area contributed by atoms with Crippen LogP contribution < -0.4 is 10.5 Å². The average molecular weight is 242 g/mol. The summed E-state index contributed by atoms with van der Waals surface area (Å²) in [5.41, 5.74) is 7.03. The highest BCUT2D eigenvalue weighted by molar-refractivity contribution is 5.43. The Hall–Kier alpha value is -2.54. The molecule has 0 heterocycles. The van der Waals surface area contributed by atoms with Gasteiger partial charge in [0.05, 0.1) is 11.6 Å². The van der Waals surface area contributed by atoms with Crippen LogP contribution in [0.2, 0.25) is 0 Å². The van der Waals surface area contributed by atoms with Crippen molar-refractivity contribution in [2.24, 2.45) is 0 Å². The van der Waals surface area contributed by atoms with Gasteiger partial charge in [0.15, 0.2) is 11.6 Å². The molecule has 0 aromatic heterocycles. The summed E-state index contributed by atoms with van der Waals surface area (Å²) in [6, 6.07) is 13.3. The molecule has 0 fully saturated rings. The minimum atomic E-state index is -0.510. The molecule has 0 atom stereocenters. The maximum atomic E-state index is 13.5. The number of ether oxygens (including phenoxy) is 1. The van der Waals surface area contributed by atoms with Gasteiger partial charge < -0.3 is 10.5 Å². The second-order valence-corrected chi connectivity index (χ2v) is 3.75. The number of anilines is 1. The standard InChI is InChI=1S/C14H11FN2O/c15-13-7-12(17)5-6-14(13)18-9-11-4-2-1-3-10(11)8-16/h1-7H,9,17H2. The largest absolute Gasteiger partial charge is 0.486 e. The molecule has 2 rings (SSSR count). The first-order valence-corrected chi connectivity index (χ1v) is 5.36. The van der Waals surface area contributed by atoms with E-state index in [1.807, 2.05) is 0 Å². The molecule has 18 heavy (non-hydrogen) atoms. The number of nitrogens with zero attached hydrogens (tertiary/aromatic N) is 1. The van der Waals surface area contributed by atoms with E-state index >= 15 is 0 Å². The van der Waals surface area contributed by atoms with Crippen molar-refractivity contribution < 1.29 is 9.13 Å². The van der Waals surface area contributed by atoms with Crippen LogP contribution in [0.3, 0.4) is 0 Å². The number of nitrogen functional groups attached to an aromatic ring is 1. The molecule has 0 spiro atoms. The molecule has 0 saturated carbocycles. The Morgan fingerprint density at radius 3 is 2.72 bits per heavy atom. The molecule has 0 amide bonds. The molecule has 0 saturated heterocycles. The Morgan fingerprint density at radius 2 is 2.00 bits per heavy atom. The fourth-order valence-electron chi connectivity index (χ4n) is 1.54. The number of nitrogens with two attached hydrogens (primary N) is 1. The normalized spacial score (nSPS) is 9.78. The maximum absolute atomic E-state index is 13.5. The molecule has 0 unspecified atom stereocenters. The van der Waals surface area contributed by atoms with E-state index in [9.17, 15) is 4.39 Å². The lowest BCUT2D eigenvalue weighted by Gasteiger charge is -2.08. The molecule has 2 aromatic carbocycles. The summed E-state index contributed by atoms with van der Waals surface area (Å²) in [7, 11) is 0. The third-order valence-corrected chi connectivity index (χ3v) is 2.48. The minimum absolute atomic E-state index is 0.122. The van der Waals surface area contributed by atoms with Crippen LogP contribution in [0, 0.1) is 17.1 Å². The van der Waals surface area contributed by atoms with E-state index < -0.39 is 5.82 Å². The van der Waals surface area contributed by atoms with Crippen LogP contribution in [-0.4, -0.2) is 0 Å². The molecule has 0 aliphatic rings. The van der Waals surface area contributed by atoms with Gasteiger partial charge in [-0.25, -0.2) is 4.39 Å². The molecule has 90 valence electrons. The number of hydrogen-bond donors (Lipinski definition) is 1. The van der Waals surface area contributed by atoms with E-state index in [1.165, 1.54) is 12.1 Å². The quantitative estimate of drug-likeness (QED) is 0.842. The topological polar surface area (TPSA) is 59.0 Å². The van der Waals surface area contributed by atoms with Gasteiger partial charge in [-0.2, -0.15) is 5.26 Å². The Bertz CT molecular complexity index is 605. The van der Waals surface area contributed by atoms with Gasteiger partial charge in [-0.15, -0.1) is 0 Å². The zero-order chi connectivity index (χ0) is 13.0. The van der Waals surface area contributed by atoms with Crippen molar-refractivity contribution in [1.82, 2.24) is 0 Å². The summed E-state index contributed by atoms with van der Waals surface area (Å²) in [6.45, 7) is 0.143. The first-order valence-electron chi connectivity index (χ1n) is 5.36. The van der Waals surface area contributed by atoms with Crippen LogP contribution >= 0.6 is 0 Å². The fraction of sp³-hybridized carbons (Fsp3) is 0.0714. The smallest absolute Gasteiger partial charge is 0.167 e. The summed E-state index contributed by atoms with van der Waals surface area (Å²) in [4.78, 5) is 0. The number of halogens is 1. The van der Waals surface area contributed by atoms with Gasteiger partial charge in [0.25, 0.3) is 0 Å². The summed E-state index contributed by atoms with van der Waals surface area (Å²) in [5, 5.41) is 8.91. The van der Waals surface area contributed by atoms with Gasteiger partial charge in [0.2, 0.25) is 0 Å². The Kier molecular flexibility index (Phi) is 3.44. The number of nitriles is 1. The monoisotopic (exact) mass is 242 g/mol. The van der Waals surface area contributed by atoms with Crippen molar-refractivity contribution in [2.45, 2.75) is 6.61 Å². The van der Waals surface area contributed by atoms with E-state index in [1.54, 1.807) is 30.3 Å². The highest BCUT2D eigenvalue weighted by Gasteiger charge is 2.06. The maximum Gasteiger partial charge on any atom is 0.167 e. The van der Waals surface area contributed by atoms with Crippen LogP contribution in [0.1, 0.15) is 11.1 Å². The van der Waals surface area contributed by atoms with Crippen LogP contribution in [0.4, 0.5) is 10.1 Å². The highest BCUT2D eigenvalue weighted by atomic mass is 19.1. The fourth-order valence-corrected chi connectivity index (χ4v) is 1.54. The number of hydrogen-bond acceptors (Lipinski definition) is 3. The SMILES string of the molecule is N#Cc1ccccc1COc1ccc(N)cc1F. The Balaban J connectivity index is 2.14. The predicted octanol–water partition coefficient (Wildman–Crippen LogP) is 2.86. The average Bonchev–Trinajstić information content (AvgIpc) is 2.38. The van der Waals surface area contributed by atoms with Gasteiger partial charge >= 0.3 is 0 Å². The molecule has 0 bridgehead atoms. The van der Waals surface area contributed by atoms with Crippen molar-refractivity contribution >= 4 is 5.69 Å². The third kappa shape index (κ3) is 2.58. The molecule has 0 aliphatic heterocycles. The molecule has 4 heteroatoms. The summed E-state index contributed by atoms with van der Waals surface area (Å²) in [6.07, 6.45) is 0. The van der Waals surface area contributed by atoms with E-state index in [0.29, 0.717) is 11.3 Å². The van der Waals surface area contributed by atoms with Crippen LogP contribution in [0.25, 0.3) is 0 Å². The van der Waals surface area contributed by atoms with Crippen LogP contribution in [-0.2, 0) is 6.61 Å². The summed E-state index contributed by atoms with van der Waals surface area (Å²) >= 11 is 0. The minimum Gasteiger partial charge on any atom is -0.486 e. The van der Waals surface area contributed by atoms with Crippen molar-refractivity contribution in [3.05, 3.63) is 59.4 Å². The first kappa shape index (κ1) is 11.9. The number of rotatable bonds is 3. The molecular weight excluding hydrogens is 231 g/mol. The zero-order valence-electron chi connectivity index (χ0n) is 9.56. The predicted molar refractivity (Wildman–Crippen MR) is 66.3 cm³/mol. The second-order valence-electron chi connectivity index (χ2n) is 3.75. The van der Waals surface area contributed by atoms with Crippen molar-refractivity contribution in [3.63, 3.8) is 0 Å². The van der Waals surface area contributed by atoms with E-state index in [2.05, 4.69) is 6.07 Å². The Labute approximate surface area is 104 Å². The van der Waals surface area contributed by atoms with Crippen molar-refractivity contribution in [3.8, 4) is 11.8 Å².